The van der Waals surface area contributed by atoms with Gasteiger partial charge in [0.2, 0.25) is 0 Å². The van der Waals surface area contributed by atoms with E-state index in [1.807, 2.05) is 48.5 Å². The van der Waals surface area contributed by atoms with E-state index in [4.69, 9.17) is 9.47 Å². The number of nitrogens with zero attached hydrogens (tertiary/aromatic N) is 1. The fourth-order valence-corrected chi connectivity index (χ4v) is 3.12. The van der Waals surface area contributed by atoms with Crippen molar-refractivity contribution in [1.29, 1.82) is 0 Å². The topological polar surface area (TPSA) is 42.1 Å². The van der Waals surface area contributed by atoms with Crippen LogP contribution in [0.5, 0.6) is 0 Å². The fourth-order valence-electron chi connectivity index (χ4n) is 3.12. The molecule has 4 heteroatoms. The molecule has 2 heterocycles. The van der Waals surface area contributed by atoms with Crippen LogP contribution in [0.3, 0.4) is 0 Å². The summed E-state index contributed by atoms with van der Waals surface area (Å²) in [5.74, 6) is 0. The summed E-state index contributed by atoms with van der Waals surface area (Å²) in [7, 11) is 0. The lowest BCUT2D eigenvalue weighted by molar-refractivity contribution is 0.0330. The first-order valence-corrected chi connectivity index (χ1v) is 7.93. The van der Waals surface area contributed by atoms with Crippen molar-refractivity contribution in [2.24, 2.45) is 0 Å². The monoisotopic (exact) mass is 309 g/mol. The number of rotatable bonds is 4. The van der Waals surface area contributed by atoms with Gasteiger partial charge in [-0.1, -0.05) is 60.7 Å². The maximum Gasteiger partial charge on any atom is 0.410 e. The normalized spacial score (nSPS) is 20.9. The Kier molecular flexibility index (Phi) is 3.54. The summed E-state index contributed by atoms with van der Waals surface area (Å²) in [5, 5.41) is 0. The third-order valence-corrected chi connectivity index (χ3v) is 4.55. The first-order chi connectivity index (χ1) is 11.3. The first kappa shape index (κ1) is 14.3. The highest BCUT2D eigenvalue weighted by atomic mass is 16.6. The Morgan fingerprint density at radius 2 is 1.65 bits per heavy atom. The second-order valence-electron chi connectivity index (χ2n) is 6.26. The van der Waals surface area contributed by atoms with Crippen molar-refractivity contribution < 1.29 is 14.3 Å². The van der Waals surface area contributed by atoms with Gasteiger partial charge in [0.15, 0.2) is 0 Å². The van der Waals surface area contributed by atoms with Gasteiger partial charge in [-0.25, -0.2) is 4.79 Å². The number of amides is 1. The van der Waals surface area contributed by atoms with Crippen LogP contribution in [-0.4, -0.2) is 35.8 Å². The Morgan fingerprint density at radius 3 is 2.30 bits per heavy atom. The fraction of sp³-hybridized carbons (Fsp3) is 0.316. The van der Waals surface area contributed by atoms with Gasteiger partial charge in [0, 0.05) is 6.42 Å². The molecule has 1 unspecified atom stereocenters. The third kappa shape index (κ3) is 2.94. The highest BCUT2D eigenvalue weighted by Crippen LogP contribution is 2.46. The van der Waals surface area contributed by atoms with E-state index < -0.39 is 0 Å². The van der Waals surface area contributed by atoms with E-state index in [2.05, 4.69) is 12.1 Å². The highest BCUT2D eigenvalue weighted by Gasteiger charge is 2.64. The molecule has 0 saturated carbocycles. The summed E-state index contributed by atoms with van der Waals surface area (Å²) in [6, 6.07) is 20.0. The Morgan fingerprint density at radius 1 is 1.04 bits per heavy atom. The number of benzene rings is 2. The van der Waals surface area contributed by atoms with E-state index in [-0.39, 0.29) is 17.8 Å². The van der Waals surface area contributed by atoms with Crippen LogP contribution < -0.4 is 0 Å². The van der Waals surface area contributed by atoms with Crippen molar-refractivity contribution in [3.8, 4) is 0 Å². The van der Waals surface area contributed by atoms with Gasteiger partial charge in [-0.15, -0.1) is 0 Å². The number of carbonyl (C=O) groups excluding carboxylic acids is 1. The number of likely N-dealkylation sites (tertiary alicyclic amines) is 1. The van der Waals surface area contributed by atoms with E-state index in [1.165, 1.54) is 5.56 Å². The van der Waals surface area contributed by atoms with Gasteiger partial charge in [-0.3, -0.25) is 0 Å². The van der Waals surface area contributed by atoms with Crippen LogP contribution in [0.4, 0.5) is 4.79 Å². The van der Waals surface area contributed by atoms with E-state index >= 15 is 0 Å². The molecule has 1 amide bonds. The van der Waals surface area contributed by atoms with Crippen molar-refractivity contribution in [3.05, 3.63) is 71.8 Å². The minimum Gasteiger partial charge on any atom is -0.445 e. The van der Waals surface area contributed by atoms with Crippen LogP contribution in [0.15, 0.2) is 60.7 Å². The summed E-state index contributed by atoms with van der Waals surface area (Å²) >= 11 is 0. The first-order valence-electron chi connectivity index (χ1n) is 7.93. The zero-order valence-corrected chi connectivity index (χ0v) is 12.9. The number of epoxide rings is 1. The molecule has 2 fully saturated rings. The Hall–Kier alpha value is -2.33. The van der Waals surface area contributed by atoms with Crippen molar-refractivity contribution in [2.75, 3.05) is 13.1 Å². The van der Waals surface area contributed by atoms with Crippen molar-refractivity contribution in [1.82, 2.24) is 4.90 Å². The Balaban J connectivity index is 1.23. The van der Waals surface area contributed by atoms with Crippen molar-refractivity contribution in [2.45, 2.75) is 24.7 Å². The van der Waals surface area contributed by atoms with Crippen LogP contribution in [0.1, 0.15) is 11.1 Å². The molecule has 0 aliphatic carbocycles. The molecule has 0 N–H and O–H groups in total. The summed E-state index contributed by atoms with van der Waals surface area (Å²) in [6.45, 7) is 1.59. The smallest absolute Gasteiger partial charge is 0.410 e. The molecule has 2 aromatic carbocycles. The lowest BCUT2D eigenvalue weighted by atomic mass is 9.93. The van der Waals surface area contributed by atoms with Crippen LogP contribution in [-0.2, 0) is 22.5 Å². The molecule has 0 radical (unpaired) electrons. The molecule has 2 aliphatic heterocycles. The summed E-state index contributed by atoms with van der Waals surface area (Å²) in [6.07, 6.45) is 0.879. The summed E-state index contributed by atoms with van der Waals surface area (Å²) in [5.41, 5.74) is 2.15. The molecule has 23 heavy (non-hydrogen) atoms. The lowest BCUT2D eigenvalue weighted by Crippen LogP contribution is -2.57. The second kappa shape index (κ2) is 5.70. The van der Waals surface area contributed by atoms with Crippen LogP contribution >= 0.6 is 0 Å². The quantitative estimate of drug-likeness (QED) is 0.815. The minimum absolute atomic E-state index is 0.123. The van der Waals surface area contributed by atoms with Gasteiger partial charge in [0.1, 0.15) is 12.2 Å². The molecule has 4 rings (SSSR count). The minimum atomic E-state index is -0.256. The molecular weight excluding hydrogens is 290 g/mol. The molecule has 0 bridgehead atoms. The largest absolute Gasteiger partial charge is 0.445 e. The number of ether oxygens (including phenoxy) is 2. The Bertz CT molecular complexity index is 680. The molecular formula is C19H19NO3. The number of hydrogen-bond donors (Lipinski definition) is 0. The Labute approximate surface area is 135 Å². The molecule has 1 spiro atoms. The van der Waals surface area contributed by atoms with E-state index in [0.717, 1.165) is 12.0 Å². The van der Waals surface area contributed by atoms with Crippen molar-refractivity contribution >= 4 is 6.09 Å². The standard InChI is InChI=1S/C19H19NO3/c21-18(22-12-16-9-5-2-6-10-16)20-13-19(14-20)17(23-19)11-15-7-3-1-4-8-15/h1-10,17H,11-14H2. The molecule has 4 nitrogen and oxygen atoms in total. The van der Waals surface area contributed by atoms with Gasteiger partial charge in [0.05, 0.1) is 19.2 Å². The van der Waals surface area contributed by atoms with E-state index in [9.17, 15) is 4.79 Å². The van der Waals surface area contributed by atoms with Gasteiger partial charge in [0.25, 0.3) is 0 Å². The molecule has 0 aromatic heterocycles. The van der Waals surface area contributed by atoms with Gasteiger partial charge in [-0.2, -0.15) is 0 Å². The zero-order chi connectivity index (χ0) is 15.7. The molecule has 2 aromatic rings. The summed E-state index contributed by atoms with van der Waals surface area (Å²) < 4.78 is 11.2. The van der Waals surface area contributed by atoms with Crippen LogP contribution in [0.25, 0.3) is 0 Å². The number of carbonyl (C=O) groups is 1. The average molecular weight is 309 g/mol. The van der Waals surface area contributed by atoms with Gasteiger partial charge < -0.3 is 14.4 Å². The van der Waals surface area contributed by atoms with Crippen LogP contribution in [0.2, 0.25) is 0 Å². The average Bonchev–Trinajstić information content (AvgIpc) is 3.27. The molecule has 118 valence electrons. The maximum absolute atomic E-state index is 12.0. The maximum atomic E-state index is 12.0. The molecule has 1 atom stereocenters. The van der Waals surface area contributed by atoms with E-state index in [1.54, 1.807) is 4.90 Å². The highest BCUT2D eigenvalue weighted by molar-refractivity contribution is 5.69. The second-order valence-corrected chi connectivity index (χ2v) is 6.26. The van der Waals surface area contributed by atoms with Gasteiger partial charge >= 0.3 is 6.09 Å². The summed E-state index contributed by atoms with van der Waals surface area (Å²) in [4.78, 5) is 13.7. The predicted octanol–water partition coefficient (Wildman–Crippen LogP) is 3.02. The molecule has 2 saturated heterocycles. The predicted molar refractivity (Wildman–Crippen MR) is 86.0 cm³/mol. The lowest BCUT2D eigenvalue weighted by Gasteiger charge is -2.36. The third-order valence-electron chi connectivity index (χ3n) is 4.55. The van der Waals surface area contributed by atoms with Crippen LogP contribution in [0, 0.1) is 0 Å². The van der Waals surface area contributed by atoms with Gasteiger partial charge in [-0.05, 0) is 11.1 Å². The SMILES string of the molecule is O=C(OCc1ccccc1)N1CC2(C1)OC2Cc1ccccc1. The number of hydrogen-bond acceptors (Lipinski definition) is 3. The zero-order valence-electron chi connectivity index (χ0n) is 12.9. The molecule has 2 aliphatic rings. The van der Waals surface area contributed by atoms with Crippen molar-refractivity contribution in [3.63, 3.8) is 0 Å². The van der Waals surface area contributed by atoms with E-state index in [0.29, 0.717) is 19.7 Å².